The van der Waals surface area contributed by atoms with Crippen LogP contribution in [0.25, 0.3) is 0 Å². The summed E-state index contributed by atoms with van der Waals surface area (Å²) >= 11 is 0. The first-order valence-corrected chi connectivity index (χ1v) is 9.25. The maximum absolute atomic E-state index is 12.3. The monoisotopic (exact) mass is 303 g/mol. The molecule has 4 aliphatic carbocycles. The molecule has 1 N–H and O–H groups in total. The predicted molar refractivity (Wildman–Crippen MR) is 86.0 cm³/mol. The van der Waals surface area contributed by atoms with Crippen LogP contribution in [0.3, 0.4) is 0 Å². The molecule has 3 nitrogen and oxygen atoms in total. The molecule has 0 aromatic carbocycles. The van der Waals surface area contributed by atoms with Gasteiger partial charge in [0.25, 0.3) is 0 Å². The van der Waals surface area contributed by atoms with Gasteiger partial charge in [0, 0.05) is 12.3 Å². The minimum atomic E-state index is 0.0533. The molecule has 0 radical (unpaired) electrons. The summed E-state index contributed by atoms with van der Waals surface area (Å²) in [6, 6.07) is 0. The number of Topliss-reactive ketones (excluding diaryl/α,β-unsaturated/α-hetero) is 1. The van der Waals surface area contributed by atoms with E-state index in [1.54, 1.807) is 0 Å². The number of hydrogen-bond acceptors (Lipinski definition) is 3. The number of oxime groups is 1. The topological polar surface area (TPSA) is 49.7 Å². The van der Waals surface area contributed by atoms with Gasteiger partial charge in [-0.25, -0.2) is 0 Å². The van der Waals surface area contributed by atoms with Crippen LogP contribution in [-0.4, -0.2) is 16.7 Å². The Hall–Kier alpha value is -0.860. The molecule has 4 aliphatic rings. The Balaban J connectivity index is 1.72. The zero-order valence-electron chi connectivity index (χ0n) is 14.0. The number of rotatable bonds is 0. The normalized spacial score (nSPS) is 53.0. The Kier molecular flexibility index (Phi) is 3.22. The maximum Gasteiger partial charge on any atom is 0.181 e. The molecule has 0 bridgehead atoms. The van der Waals surface area contributed by atoms with Gasteiger partial charge in [0.2, 0.25) is 0 Å². The van der Waals surface area contributed by atoms with Crippen LogP contribution in [0.2, 0.25) is 0 Å². The van der Waals surface area contributed by atoms with Crippen molar-refractivity contribution >= 4 is 11.5 Å². The molecular formula is C19H29NO2. The van der Waals surface area contributed by atoms with E-state index in [2.05, 4.69) is 19.0 Å². The Morgan fingerprint density at radius 2 is 1.91 bits per heavy atom. The van der Waals surface area contributed by atoms with Crippen molar-refractivity contribution in [3.63, 3.8) is 0 Å². The van der Waals surface area contributed by atoms with Crippen molar-refractivity contribution in [3.8, 4) is 0 Å². The Bertz CT molecular complexity index is 528. The number of hydrogen-bond donors (Lipinski definition) is 1. The standard InChI is InChI=1S/C19H29NO2/c1-18-10-8-14-13(16(18)17(20-22)15(21)11-18)7-6-12-5-3-4-9-19(12,14)2/h12-14,16,22H,3-11H2,1-2H3/b20-17-/t12-,13-,14+,16-,18-,19+/m1/s1. The van der Waals surface area contributed by atoms with Crippen LogP contribution in [-0.2, 0) is 4.79 Å². The number of nitrogens with zero attached hydrogens (tertiary/aromatic N) is 1. The van der Waals surface area contributed by atoms with Crippen molar-refractivity contribution < 1.29 is 10.0 Å². The summed E-state index contributed by atoms with van der Waals surface area (Å²) in [5, 5.41) is 12.9. The van der Waals surface area contributed by atoms with E-state index in [-0.39, 0.29) is 17.1 Å². The van der Waals surface area contributed by atoms with Crippen LogP contribution in [0.4, 0.5) is 0 Å². The lowest BCUT2D eigenvalue weighted by Gasteiger charge is -2.59. The molecule has 0 aromatic heterocycles. The van der Waals surface area contributed by atoms with Crippen molar-refractivity contribution in [2.75, 3.05) is 0 Å². The molecule has 4 rings (SSSR count). The first-order chi connectivity index (χ1) is 10.5. The molecule has 0 spiro atoms. The zero-order chi connectivity index (χ0) is 15.5. The average molecular weight is 303 g/mol. The van der Waals surface area contributed by atoms with Gasteiger partial charge in [-0.3, -0.25) is 4.79 Å². The minimum Gasteiger partial charge on any atom is -0.411 e. The number of carbonyl (C=O) groups is 1. The highest BCUT2D eigenvalue weighted by Gasteiger charge is 2.61. The summed E-state index contributed by atoms with van der Waals surface area (Å²) in [6.45, 7) is 4.79. The van der Waals surface area contributed by atoms with Gasteiger partial charge in [-0.05, 0) is 67.1 Å². The lowest BCUT2D eigenvalue weighted by molar-refractivity contribution is -0.114. The molecule has 6 atom stereocenters. The van der Waals surface area contributed by atoms with Gasteiger partial charge < -0.3 is 5.21 Å². The van der Waals surface area contributed by atoms with Gasteiger partial charge in [-0.2, -0.15) is 0 Å². The minimum absolute atomic E-state index is 0.0533. The van der Waals surface area contributed by atoms with Gasteiger partial charge in [-0.15, -0.1) is 0 Å². The second kappa shape index (κ2) is 4.82. The third-order valence-electron chi connectivity index (χ3n) is 8.12. The van der Waals surface area contributed by atoms with E-state index in [1.165, 1.54) is 44.9 Å². The summed E-state index contributed by atoms with van der Waals surface area (Å²) in [5.74, 6) is 2.50. The third-order valence-corrected chi connectivity index (χ3v) is 8.12. The molecule has 4 fully saturated rings. The summed E-state index contributed by atoms with van der Waals surface area (Å²) in [5.41, 5.74) is 1.03. The fraction of sp³-hybridized carbons (Fsp3) is 0.895. The van der Waals surface area contributed by atoms with Crippen molar-refractivity contribution in [1.82, 2.24) is 0 Å². The molecule has 122 valence electrons. The van der Waals surface area contributed by atoms with Gasteiger partial charge >= 0.3 is 0 Å². The van der Waals surface area contributed by atoms with Gasteiger partial charge in [0.15, 0.2) is 5.78 Å². The predicted octanol–water partition coefficient (Wildman–Crippen LogP) is 4.43. The highest BCUT2D eigenvalue weighted by Crippen LogP contribution is 2.65. The molecule has 0 aliphatic heterocycles. The fourth-order valence-electron chi connectivity index (χ4n) is 7.06. The van der Waals surface area contributed by atoms with Crippen molar-refractivity contribution in [1.29, 1.82) is 0 Å². The highest BCUT2D eigenvalue weighted by atomic mass is 16.4. The van der Waals surface area contributed by atoms with E-state index in [9.17, 15) is 10.0 Å². The van der Waals surface area contributed by atoms with Gasteiger partial charge in [0.1, 0.15) is 5.71 Å². The second-order valence-electron chi connectivity index (χ2n) is 9.05. The summed E-state index contributed by atoms with van der Waals surface area (Å²) in [4.78, 5) is 12.3. The molecule has 0 aromatic rings. The number of carbonyl (C=O) groups excluding carboxylic acids is 1. The van der Waals surface area contributed by atoms with Crippen LogP contribution >= 0.6 is 0 Å². The van der Waals surface area contributed by atoms with E-state index in [4.69, 9.17) is 0 Å². The van der Waals surface area contributed by atoms with Crippen LogP contribution < -0.4 is 0 Å². The summed E-state index contributed by atoms with van der Waals surface area (Å²) in [6.07, 6.45) is 11.1. The lowest BCUT2D eigenvalue weighted by Crippen LogP contribution is -2.53. The van der Waals surface area contributed by atoms with Crippen LogP contribution in [0.15, 0.2) is 5.16 Å². The average Bonchev–Trinajstić information content (AvgIpc) is 2.76. The Morgan fingerprint density at radius 3 is 2.68 bits per heavy atom. The van der Waals surface area contributed by atoms with Gasteiger partial charge in [0.05, 0.1) is 0 Å². The largest absolute Gasteiger partial charge is 0.411 e. The van der Waals surface area contributed by atoms with E-state index < -0.39 is 0 Å². The smallest absolute Gasteiger partial charge is 0.181 e. The van der Waals surface area contributed by atoms with E-state index >= 15 is 0 Å². The molecule has 0 unspecified atom stereocenters. The molecule has 4 saturated carbocycles. The first kappa shape index (κ1) is 14.7. The second-order valence-corrected chi connectivity index (χ2v) is 9.05. The van der Waals surface area contributed by atoms with E-state index in [0.29, 0.717) is 23.5 Å². The first-order valence-electron chi connectivity index (χ1n) is 9.25. The Morgan fingerprint density at radius 1 is 1.09 bits per heavy atom. The number of fused-ring (bicyclic) bond motifs is 5. The molecular weight excluding hydrogens is 274 g/mol. The quantitative estimate of drug-likeness (QED) is 0.531. The number of ketones is 1. The maximum atomic E-state index is 12.3. The van der Waals surface area contributed by atoms with Gasteiger partial charge in [-0.1, -0.05) is 31.8 Å². The SMILES string of the molecule is C[C@]12CC[C@H]3[C@@H](CC[C@H]4CCCC[C@@]43C)[C@@H]1/C(=N\O)C(=O)C2. The Labute approximate surface area is 133 Å². The van der Waals surface area contributed by atoms with Crippen LogP contribution in [0, 0.1) is 34.5 Å². The molecule has 0 amide bonds. The van der Waals surface area contributed by atoms with E-state index in [0.717, 1.165) is 18.3 Å². The molecule has 0 saturated heterocycles. The highest BCUT2D eigenvalue weighted by molar-refractivity contribution is 6.42. The van der Waals surface area contributed by atoms with Crippen LogP contribution in [0.5, 0.6) is 0 Å². The van der Waals surface area contributed by atoms with Crippen molar-refractivity contribution in [3.05, 3.63) is 0 Å². The molecule has 3 heteroatoms. The molecule has 0 heterocycles. The summed E-state index contributed by atoms with van der Waals surface area (Å²) < 4.78 is 0. The van der Waals surface area contributed by atoms with Crippen molar-refractivity contribution in [2.24, 2.45) is 39.7 Å². The lowest BCUT2D eigenvalue weighted by atomic mass is 9.45. The zero-order valence-corrected chi connectivity index (χ0v) is 14.0. The van der Waals surface area contributed by atoms with E-state index in [1.807, 2.05) is 0 Å². The van der Waals surface area contributed by atoms with Crippen molar-refractivity contribution in [2.45, 2.75) is 71.6 Å². The third kappa shape index (κ3) is 1.80. The molecule has 22 heavy (non-hydrogen) atoms. The summed E-state index contributed by atoms with van der Waals surface area (Å²) in [7, 11) is 0. The van der Waals surface area contributed by atoms with Crippen LogP contribution in [0.1, 0.15) is 71.6 Å². The fourth-order valence-corrected chi connectivity index (χ4v) is 7.06.